The first-order valence-electron chi connectivity index (χ1n) is 4.39. The number of hydrogen-bond donors (Lipinski definition) is 1. The molecule has 0 unspecified atom stereocenters. The number of hydrogen-bond acceptors (Lipinski definition) is 3. The van der Waals surface area contributed by atoms with Crippen molar-refractivity contribution in [3.8, 4) is 0 Å². The van der Waals surface area contributed by atoms with Gasteiger partial charge in [0.05, 0.1) is 0 Å². The minimum atomic E-state index is -1.88. The highest BCUT2D eigenvalue weighted by Crippen LogP contribution is 2.12. The van der Waals surface area contributed by atoms with Gasteiger partial charge < -0.3 is 14.0 Å². The van der Waals surface area contributed by atoms with Crippen molar-refractivity contribution in [2.75, 3.05) is 34.2 Å². The molecule has 3 nitrogen and oxygen atoms in total. The predicted octanol–water partition coefficient (Wildman–Crippen LogP) is 1.66. The van der Waals surface area contributed by atoms with Crippen LogP contribution >= 0.6 is 8.58 Å². The average molecular weight is 226 g/mol. The average Bonchev–Trinajstić information content (AvgIpc) is 2.15. The molecule has 13 heavy (non-hydrogen) atoms. The van der Waals surface area contributed by atoms with E-state index in [1.165, 1.54) is 0 Å². The van der Waals surface area contributed by atoms with Gasteiger partial charge in [-0.1, -0.05) is 0 Å². The molecule has 0 aliphatic rings. The summed E-state index contributed by atoms with van der Waals surface area (Å²) in [7, 11) is 2.52. The monoisotopic (exact) mass is 226 g/mol. The van der Waals surface area contributed by atoms with Gasteiger partial charge in [0.15, 0.2) is 0 Å². The van der Waals surface area contributed by atoms with E-state index >= 15 is 0 Å². The summed E-state index contributed by atoms with van der Waals surface area (Å²) in [6, 6.07) is 0.858. The summed E-state index contributed by atoms with van der Waals surface area (Å²) < 4.78 is 10.4. The van der Waals surface area contributed by atoms with Crippen molar-refractivity contribution < 1.29 is 14.0 Å². The highest BCUT2D eigenvalue weighted by atomic mass is 31.1. The standard InChI is InChI=1S/C6H16O3Si.C2H7P/c1-8-10(3,9-2)6-4-5-7;1-3-2/h7H,4-6H2,1-3H3;3H,1-2H3. The molecule has 0 saturated heterocycles. The Morgan fingerprint density at radius 3 is 1.85 bits per heavy atom. The Balaban J connectivity index is 0. The second-order valence-corrected chi connectivity index (χ2v) is 7.45. The van der Waals surface area contributed by atoms with Gasteiger partial charge in [-0.15, -0.1) is 8.58 Å². The van der Waals surface area contributed by atoms with Gasteiger partial charge in [0.1, 0.15) is 0 Å². The maximum absolute atomic E-state index is 8.53. The van der Waals surface area contributed by atoms with Crippen molar-refractivity contribution in [3.05, 3.63) is 0 Å². The zero-order valence-corrected chi connectivity index (χ0v) is 11.4. The third-order valence-electron chi connectivity index (χ3n) is 1.65. The molecule has 0 aromatic carbocycles. The largest absolute Gasteiger partial charge is 0.398 e. The summed E-state index contributed by atoms with van der Waals surface area (Å²) in [6.07, 6.45) is 0.768. The van der Waals surface area contributed by atoms with Gasteiger partial charge >= 0.3 is 8.56 Å². The number of aliphatic hydroxyl groups excluding tert-OH is 1. The molecule has 0 aliphatic carbocycles. The molecule has 0 radical (unpaired) electrons. The van der Waals surface area contributed by atoms with E-state index in [4.69, 9.17) is 14.0 Å². The quantitative estimate of drug-likeness (QED) is 0.572. The van der Waals surface area contributed by atoms with Gasteiger partial charge in [-0.25, -0.2) is 0 Å². The van der Waals surface area contributed by atoms with E-state index in [9.17, 15) is 0 Å². The predicted molar refractivity (Wildman–Crippen MR) is 62.3 cm³/mol. The van der Waals surface area contributed by atoms with Gasteiger partial charge in [-0.2, -0.15) is 0 Å². The van der Waals surface area contributed by atoms with Crippen LogP contribution in [0.5, 0.6) is 0 Å². The third kappa shape index (κ3) is 10.4. The Labute approximate surface area is 84.9 Å². The fourth-order valence-corrected chi connectivity index (χ4v) is 2.06. The topological polar surface area (TPSA) is 38.7 Å². The first kappa shape index (κ1) is 16.0. The molecule has 0 heterocycles. The number of aliphatic hydroxyl groups is 1. The highest BCUT2D eigenvalue weighted by Gasteiger charge is 2.27. The third-order valence-corrected chi connectivity index (χ3v) is 4.64. The Kier molecular flexibility index (Phi) is 13.0. The molecule has 0 amide bonds. The maximum Gasteiger partial charge on any atom is 0.334 e. The van der Waals surface area contributed by atoms with Crippen molar-refractivity contribution in [3.63, 3.8) is 0 Å². The summed E-state index contributed by atoms with van der Waals surface area (Å²) in [4.78, 5) is 0. The van der Waals surface area contributed by atoms with E-state index in [0.717, 1.165) is 21.0 Å². The Hall–Kier alpha value is 0.527. The normalized spacial score (nSPS) is 10.6. The minimum Gasteiger partial charge on any atom is -0.398 e. The van der Waals surface area contributed by atoms with Gasteiger partial charge in [-0.05, 0) is 32.3 Å². The van der Waals surface area contributed by atoms with E-state index < -0.39 is 8.56 Å². The van der Waals surface area contributed by atoms with E-state index in [-0.39, 0.29) is 6.61 Å². The molecule has 0 spiro atoms. The molecule has 0 atom stereocenters. The maximum atomic E-state index is 8.53. The van der Waals surface area contributed by atoms with Crippen LogP contribution in [0.25, 0.3) is 0 Å². The summed E-state index contributed by atoms with van der Waals surface area (Å²) in [5, 5.41) is 8.53. The molecule has 5 heteroatoms. The lowest BCUT2D eigenvalue weighted by atomic mass is 10.5. The lowest BCUT2D eigenvalue weighted by molar-refractivity contribution is 0.238. The van der Waals surface area contributed by atoms with Crippen LogP contribution in [0.15, 0.2) is 0 Å². The van der Waals surface area contributed by atoms with Crippen molar-refractivity contribution in [2.24, 2.45) is 0 Å². The Bertz CT molecular complexity index is 99.4. The molecule has 0 aromatic heterocycles. The zero-order valence-electron chi connectivity index (χ0n) is 9.39. The van der Waals surface area contributed by atoms with Crippen LogP contribution in [0.4, 0.5) is 0 Å². The summed E-state index contributed by atoms with van der Waals surface area (Å²) >= 11 is 0. The first-order chi connectivity index (χ1) is 6.10. The van der Waals surface area contributed by atoms with Gasteiger partial charge in [0, 0.05) is 20.8 Å². The lowest BCUT2D eigenvalue weighted by Gasteiger charge is -2.21. The van der Waals surface area contributed by atoms with Crippen LogP contribution in [0, 0.1) is 0 Å². The van der Waals surface area contributed by atoms with E-state index in [0.29, 0.717) is 0 Å². The number of rotatable bonds is 5. The van der Waals surface area contributed by atoms with E-state index in [2.05, 4.69) is 13.3 Å². The second kappa shape index (κ2) is 10.6. The Morgan fingerprint density at radius 1 is 1.23 bits per heavy atom. The van der Waals surface area contributed by atoms with Crippen molar-refractivity contribution in [1.29, 1.82) is 0 Å². The lowest BCUT2D eigenvalue weighted by Crippen LogP contribution is -2.35. The summed E-state index contributed by atoms with van der Waals surface area (Å²) in [5.74, 6) is 0. The molecule has 82 valence electrons. The fraction of sp³-hybridized carbons (Fsp3) is 1.00. The van der Waals surface area contributed by atoms with Crippen molar-refractivity contribution >= 4 is 17.1 Å². The molecule has 0 fully saturated rings. The summed E-state index contributed by atoms with van der Waals surface area (Å²) in [5.41, 5.74) is 0. The summed E-state index contributed by atoms with van der Waals surface area (Å²) in [6.45, 7) is 6.51. The van der Waals surface area contributed by atoms with Crippen LogP contribution in [0.1, 0.15) is 6.42 Å². The minimum absolute atomic E-state index is 0.218. The molecule has 0 saturated carbocycles. The van der Waals surface area contributed by atoms with E-state index in [1.54, 1.807) is 14.2 Å². The SMILES string of the molecule is CO[Si](C)(CCCO)OC.CPC. The molecule has 0 bridgehead atoms. The Morgan fingerprint density at radius 2 is 1.62 bits per heavy atom. The molecular formula is C8H23O3PSi. The van der Waals surface area contributed by atoms with Crippen LogP contribution in [0.3, 0.4) is 0 Å². The second-order valence-electron chi connectivity index (χ2n) is 2.87. The molecule has 0 rings (SSSR count). The van der Waals surface area contributed by atoms with Crippen LogP contribution in [-0.4, -0.2) is 47.8 Å². The van der Waals surface area contributed by atoms with Crippen LogP contribution in [-0.2, 0) is 8.85 Å². The van der Waals surface area contributed by atoms with Gasteiger partial charge in [-0.3, -0.25) is 0 Å². The van der Waals surface area contributed by atoms with Crippen LogP contribution in [0.2, 0.25) is 12.6 Å². The van der Waals surface area contributed by atoms with Crippen molar-refractivity contribution in [1.82, 2.24) is 0 Å². The highest BCUT2D eigenvalue weighted by molar-refractivity contribution is 7.35. The van der Waals surface area contributed by atoms with E-state index in [1.807, 2.05) is 6.55 Å². The fourth-order valence-electron chi connectivity index (χ4n) is 0.688. The zero-order chi connectivity index (χ0) is 10.7. The smallest absolute Gasteiger partial charge is 0.334 e. The van der Waals surface area contributed by atoms with Crippen molar-refractivity contribution in [2.45, 2.75) is 19.0 Å². The van der Waals surface area contributed by atoms with Gasteiger partial charge in [0.2, 0.25) is 0 Å². The first-order valence-corrected chi connectivity index (χ1v) is 8.92. The van der Waals surface area contributed by atoms with Gasteiger partial charge in [0.25, 0.3) is 0 Å². The molecule has 1 N–H and O–H groups in total. The van der Waals surface area contributed by atoms with Crippen LogP contribution < -0.4 is 0 Å². The molecule has 0 aliphatic heterocycles. The molecular weight excluding hydrogens is 203 g/mol. The molecule has 0 aromatic rings.